The van der Waals surface area contributed by atoms with Crippen LogP contribution in [0, 0.1) is 5.82 Å². The molecular formula is C16H20Cl2FNO. The van der Waals surface area contributed by atoms with Gasteiger partial charge in [-0.1, -0.05) is 31.4 Å². The van der Waals surface area contributed by atoms with Crippen molar-refractivity contribution in [3.63, 3.8) is 0 Å². The van der Waals surface area contributed by atoms with Crippen molar-refractivity contribution in [1.82, 2.24) is 5.32 Å². The van der Waals surface area contributed by atoms with Crippen LogP contribution in [-0.4, -0.2) is 6.54 Å². The standard InChI is InChI=1S/C16H19ClFNO.ClH/c1-2-3-4-9-19-11-13-6-8-16(20-13)12-5-7-15(18)14(17)10-12;/h5-8,10,19H,2-4,9,11H2,1H3;1H. The van der Waals surface area contributed by atoms with Crippen molar-refractivity contribution in [3.05, 3.63) is 46.9 Å². The molecule has 0 unspecified atom stereocenters. The fourth-order valence-corrected chi connectivity index (χ4v) is 2.17. The quantitative estimate of drug-likeness (QED) is 0.683. The zero-order valence-electron chi connectivity index (χ0n) is 12.0. The molecule has 2 nitrogen and oxygen atoms in total. The molecule has 0 saturated heterocycles. The van der Waals surface area contributed by atoms with E-state index in [0.717, 1.165) is 17.9 Å². The molecule has 0 atom stereocenters. The summed E-state index contributed by atoms with van der Waals surface area (Å²) in [5.41, 5.74) is 0.786. The molecule has 0 bridgehead atoms. The summed E-state index contributed by atoms with van der Waals surface area (Å²) in [6.07, 6.45) is 3.64. The molecule has 2 aromatic rings. The molecule has 0 aliphatic heterocycles. The molecule has 0 saturated carbocycles. The van der Waals surface area contributed by atoms with Gasteiger partial charge in [-0.05, 0) is 43.3 Å². The van der Waals surface area contributed by atoms with Crippen LogP contribution in [0.15, 0.2) is 34.7 Å². The average molecular weight is 332 g/mol. The molecule has 1 aromatic heterocycles. The Labute approximate surface area is 136 Å². The van der Waals surface area contributed by atoms with Gasteiger partial charge < -0.3 is 9.73 Å². The highest BCUT2D eigenvalue weighted by Crippen LogP contribution is 2.26. The third kappa shape index (κ3) is 5.34. The molecule has 1 aromatic carbocycles. The zero-order chi connectivity index (χ0) is 14.4. The minimum atomic E-state index is -0.417. The summed E-state index contributed by atoms with van der Waals surface area (Å²) in [7, 11) is 0. The Balaban J connectivity index is 0.00000220. The number of hydrogen-bond donors (Lipinski definition) is 1. The highest BCUT2D eigenvalue weighted by Gasteiger charge is 2.07. The molecule has 0 aliphatic carbocycles. The van der Waals surface area contributed by atoms with E-state index in [2.05, 4.69) is 12.2 Å². The van der Waals surface area contributed by atoms with E-state index in [1.807, 2.05) is 12.1 Å². The number of hydrogen-bond acceptors (Lipinski definition) is 2. The van der Waals surface area contributed by atoms with Gasteiger partial charge >= 0.3 is 0 Å². The van der Waals surface area contributed by atoms with Crippen molar-refractivity contribution >= 4 is 24.0 Å². The minimum Gasteiger partial charge on any atom is -0.460 e. The van der Waals surface area contributed by atoms with Gasteiger partial charge in [0.15, 0.2) is 0 Å². The van der Waals surface area contributed by atoms with Gasteiger partial charge in [-0.2, -0.15) is 0 Å². The third-order valence-corrected chi connectivity index (χ3v) is 3.41. The molecule has 21 heavy (non-hydrogen) atoms. The van der Waals surface area contributed by atoms with Crippen LogP contribution in [0.3, 0.4) is 0 Å². The highest BCUT2D eigenvalue weighted by atomic mass is 35.5. The minimum absolute atomic E-state index is 0. The molecule has 0 aliphatic rings. The Morgan fingerprint density at radius 3 is 2.71 bits per heavy atom. The molecule has 0 amide bonds. The van der Waals surface area contributed by atoms with E-state index in [9.17, 15) is 4.39 Å². The highest BCUT2D eigenvalue weighted by molar-refractivity contribution is 6.31. The number of benzene rings is 1. The molecule has 0 radical (unpaired) electrons. The molecule has 1 heterocycles. The number of furan rings is 1. The maximum absolute atomic E-state index is 13.1. The van der Waals surface area contributed by atoms with E-state index in [4.69, 9.17) is 16.0 Å². The van der Waals surface area contributed by atoms with E-state index in [-0.39, 0.29) is 17.4 Å². The fourth-order valence-electron chi connectivity index (χ4n) is 1.99. The van der Waals surface area contributed by atoms with E-state index < -0.39 is 5.82 Å². The van der Waals surface area contributed by atoms with Crippen molar-refractivity contribution in [1.29, 1.82) is 0 Å². The summed E-state index contributed by atoms with van der Waals surface area (Å²) in [6.45, 7) is 3.89. The Morgan fingerprint density at radius 1 is 1.19 bits per heavy atom. The maximum Gasteiger partial charge on any atom is 0.141 e. The number of halogens is 3. The van der Waals surface area contributed by atoms with Crippen LogP contribution in [0.5, 0.6) is 0 Å². The van der Waals surface area contributed by atoms with Crippen LogP contribution in [0.4, 0.5) is 4.39 Å². The van der Waals surface area contributed by atoms with Gasteiger partial charge in [-0.25, -0.2) is 4.39 Å². The Bertz CT molecular complexity index is 557. The predicted molar refractivity (Wildman–Crippen MR) is 87.6 cm³/mol. The van der Waals surface area contributed by atoms with Crippen LogP contribution < -0.4 is 5.32 Å². The van der Waals surface area contributed by atoms with Gasteiger partial charge in [0.25, 0.3) is 0 Å². The molecule has 5 heteroatoms. The van der Waals surface area contributed by atoms with Crippen molar-refractivity contribution in [3.8, 4) is 11.3 Å². The first-order chi connectivity index (χ1) is 9.70. The van der Waals surface area contributed by atoms with Crippen molar-refractivity contribution in [2.24, 2.45) is 0 Å². The second kappa shape index (κ2) is 9.08. The second-order valence-corrected chi connectivity index (χ2v) is 5.19. The third-order valence-electron chi connectivity index (χ3n) is 3.12. The topological polar surface area (TPSA) is 25.2 Å². The first-order valence-electron chi connectivity index (χ1n) is 6.95. The SMILES string of the molecule is CCCCCNCc1ccc(-c2ccc(F)c(Cl)c2)o1.Cl. The van der Waals surface area contributed by atoms with Crippen LogP contribution in [0.25, 0.3) is 11.3 Å². The van der Waals surface area contributed by atoms with Crippen molar-refractivity contribution < 1.29 is 8.81 Å². The van der Waals surface area contributed by atoms with Gasteiger partial charge in [-0.3, -0.25) is 0 Å². The normalized spacial score (nSPS) is 10.4. The van der Waals surface area contributed by atoms with Gasteiger partial charge in [0.2, 0.25) is 0 Å². The monoisotopic (exact) mass is 331 g/mol. The van der Waals surface area contributed by atoms with Gasteiger partial charge in [0, 0.05) is 5.56 Å². The summed E-state index contributed by atoms with van der Waals surface area (Å²) in [5, 5.41) is 3.45. The van der Waals surface area contributed by atoms with Gasteiger partial charge in [0.05, 0.1) is 11.6 Å². The van der Waals surface area contributed by atoms with Crippen LogP contribution in [0.2, 0.25) is 5.02 Å². The first-order valence-corrected chi connectivity index (χ1v) is 7.33. The van der Waals surface area contributed by atoms with E-state index in [0.29, 0.717) is 12.3 Å². The lowest BCUT2D eigenvalue weighted by molar-refractivity contribution is 0.488. The largest absolute Gasteiger partial charge is 0.460 e. The molecule has 1 N–H and O–H groups in total. The summed E-state index contributed by atoms with van der Waals surface area (Å²) in [6, 6.07) is 8.40. The van der Waals surface area contributed by atoms with Crippen LogP contribution in [0.1, 0.15) is 31.9 Å². The van der Waals surface area contributed by atoms with E-state index in [1.54, 1.807) is 12.1 Å². The zero-order valence-corrected chi connectivity index (χ0v) is 13.6. The Kier molecular flexibility index (Phi) is 7.79. The van der Waals surface area contributed by atoms with E-state index >= 15 is 0 Å². The summed E-state index contributed by atoms with van der Waals surface area (Å²) in [4.78, 5) is 0. The lowest BCUT2D eigenvalue weighted by Crippen LogP contribution is -2.13. The number of unbranched alkanes of at least 4 members (excludes halogenated alkanes) is 2. The maximum atomic E-state index is 13.1. The smallest absolute Gasteiger partial charge is 0.141 e. The Morgan fingerprint density at radius 2 is 2.00 bits per heavy atom. The molecule has 0 fully saturated rings. The fraction of sp³-hybridized carbons (Fsp3) is 0.375. The summed E-state index contributed by atoms with van der Waals surface area (Å²) in [5.74, 6) is 1.16. The number of rotatable bonds is 7. The number of nitrogens with one attached hydrogen (secondary N) is 1. The lowest BCUT2D eigenvalue weighted by Gasteiger charge is -2.02. The van der Waals surface area contributed by atoms with Crippen molar-refractivity contribution in [2.45, 2.75) is 32.7 Å². The van der Waals surface area contributed by atoms with E-state index in [1.165, 1.54) is 25.3 Å². The molecular weight excluding hydrogens is 312 g/mol. The van der Waals surface area contributed by atoms with Gasteiger partial charge in [0.1, 0.15) is 17.3 Å². The lowest BCUT2D eigenvalue weighted by atomic mass is 10.2. The van der Waals surface area contributed by atoms with Crippen LogP contribution >= 0.6 is 24.0 Å². The molecule has 2 rings (SSSR count). The predicted octanol–water partition coefficient (Wildman–Crippen LogP) is 5.44. The molecule has 0 spiro atoms. The van der Waals surface area contributed by atoms with Crippen LogP contribution in [-0.2, 0) is 6.54 Å². The van der Waals surface area contributed by atoms with Gasteiger partial charge in [-0.15, -0.1) is 12.4 Å². The molecule has 116 valence electrons. The Hall–Kier alpha value is -1.03. The summed E-state index contributed by atoms with van der Waals surface area (Å²) < 4.78 is 18.8. The van der Waals surface area contributed by atoms with Crippen molar-refractivity contribution in [2.75, 3.05) is 6.54 Å². The first kappa shape index (κ1) is 18.0. The average Bonchev–Trinajstić information content (AvgIpc) is 2.90. The summed E-state index contributed by atoms with van der Waals surface area (Å²) >= 11 is 5.77. The second-order valence-electron chi connectivity index (χ2n) is 4.78.